The fraction of sp³-hybridized carbons (Fsp3) is 0.222. The number of nitrogens with zero attached hydrogens (tertiary/aromatic N) is 3. The van der Waals surface area contributed by atoms with Crippen LogP contribution in [0.25, 0.3) is 17.1 Å². The average Bonchev–Trinajstić information content (AvgIpc) is 3.32. The number of amides is 1. The highest BCUT2D eigenvalue weighted by molar-refractivity contribution is 7.99. The van der Waals surface area contributed by atoms with Crippen LogP contribution in [-0.2, 0) is 4.79 Å². The summed E-state index contributed by atoms with van der Waals surface area (Å²) in [7, 11) is 1.64. The number of carbonyl (C=O) groups is 1. The lowest BCUT2D eigenvalue weighted by atomic mass is 9.99. The highest BCUT2D eigenvalue weighted by Gasteiger charge is 2.17. The van der Waals surface area contributed by atoms with Crippen molar-refractivity contribution >= 4 is 23.4 Å². The quantitative estimate of drug-likeness (QED) is 0.294. The number of hydrogen-bond acceptors (Lipinski definition) is 5. The molecule has 0 aliphatic carbocycles. The van der Waals surface area contributed by atoms with Gasteiger partial charge in [0, 0.05) is 16.9 Å². The molecule has 4 aromatic rings. The Labute approximate surface area is 204 Å². The van der Waals surface area contributed by atoms with Crippen LogP contribution in [0.1, 0.15) is 31.7 Å². The Morgan fingerprint density at radius 2 is 1.71 bits per heavy atom. The van der Waals surface area contributed by atoms with Gasteiger partial charge < -0.3 is 10.1 Å². The summed E-state index contributed by atoms with van der Waals surface area (Å²) >= 11 is 1.36. The maximum Gasteiger partial charge on any atom is 0.234 e. The minimum atomic E-state index is -0.0881. The number of para-hydroxylation sites is 1. The van der Waals surface area contributed by atoms with Crippen LogP contribution in [0.4, 0.5) is 5.69 Å². The minimum absolute atomic E-state index is 0.0881. The van der Waals surface area contributed by atoms with Gasteiger partial charge in [0.15, 0.2) is 11.0 Å². The highest BCUT2D eigenvalue weighted by Crippen LogP contribution is 2.29. The third kappa shape index (κ3) is 5.48. The first-order valence-corrected chi connectivity index (χ1v) is 12.3. The molecule has 174 valence electrons. The summed E-state index contributed by atoms with van der Waals surface area (Å²) in [6.45, 7) is 4.37. The number of rotatable bonds is 9. The molecule has 0 fully saturated rings. The molecule has 6 nitrogen and oxygen atoms in total. The number of anilines is 1. The summed E-state index contributed by atoms with van der Waals surface area (Å²) in [6, 6.07) is 25.7. The monoisotopic (exact) mass is 472 g/mol. The molecule has 1 heterocycles. The molecule has 0 saturated heterocycles. The summed E-state index contributed by atoms with van der Waals surface area (Å²) in [5.41, 5.74) is 3.91. The first-order chi connectivity index (χ1) is 16.6. The zero-order valence-corrected chi connectivity index (χ0v) is 20.4. The van der Waals surface area contributed by atoms with Crippen LogP contribution >= 0.6 is 11.8 Å². The lowest BCUT2D eigenvalue weighted by Gasteiger charge is -2.11. The number of hydrogen-bond donors (Lipinski definition) is 1. The van der Waals surface area contributed by atoms with Crippen LogP contribution in [-0.4, -0.2) is 33.5 Å². The summed E-state index contributed by atoms with van der Waals surface area (Å²) in [5, 5.41) is 12.5. The van der Waals surface area contributed by atoms with Crippen LogP contribution < -0.4 is 10.1 Å². The zero-order valence-electron chi connectivity index (χ0n) is 19.6. The standard InChI is InChI=1S/C27H28N4O2S/c1-4-19(2)20-10-14-22(15-11-20)28-25(32)18-34-27-30-29-26(21-12-16-24(33-3)17-13-21)31(27)23-8-6-5-7-9-23/h5-17,19H,4,18H2,1-3H3,(H,28,32). The molecule has 1 N–H and O–H groups in total. The SMILES string of the molecule is CCC(C)c1ccc(NC(=O)CSc2nnc(-c3ccc(OC)cc3)n2-c2ccccc2)cc1. The molecule has 1 amide bonds. The van der Waals surface area contributed by atoms with E-state index in [0.717, 1.165) is 29.1 Å². The van der Waals surface area contributed by atoms with Crippen LogP contribution in [0.3, 0.4) is 0 Å². The number of methoxy groups -OCH3 is 1. The van der Waals surface area contributed by atoms with E-state index in [1.165, 1.54) is 17.3 Å². The fourth-order valence-corrected chi connectivity index (χ4v) is 4.31. The molecule has 7 heteroatoms. The first-order valence-electron chi connectivity index (χ1n) is 11.3. The molecule has 34 heavy (non-hydrogen) atoms. The third-order valence-corrected chi connectivity index (χ3v) is 6.63. The fourth-order valence-electron chi connectivity index (χ4n) is 3.56. The molecule has 1 atom stereocenters. The van der Waals surface area contributed by atoms with Crippen LogP contribution in [0.2, 0.25) is 0 Å². The van der Waals surface area contributed by atoms with Crippen molar-refractivity contribution < 1.29 is 9.53 Å². The Kier molecular flexibility index (Phi) is 7.65. The Balaban J connectivity index is 1.51. The molecular weight excluding hydrogens is 444 g/mol. The van der Waals surface area contributed by atoms with E-state index in [-0.39, 0.29) is 11.7 Å². The van der Waals surface area contributed by atoms with Crippen LogP contribution in [0.15, 0.2) is 84.0 Å². The maximum atomic E-state index is 12.7. The zero-order chi connectivity index (χ0) is 23.9. The Morgan fingerprint density at radius 1 is 1.00 bits per heavy atom. The van der Waals surface area contributed by atoms with Crippen molar-refractivity contribution in [3.05, 3.63) is 84.4 Å². The smallest absolute Gasteiger partial charge is 0.234 e. The van der Waals surface area contributed by atoms with Gasteiger partial charge in [0.2, 0.25) is 5.91 Å². The molecule has 4 rings (SSSR count). The summed E-state index contributed by atoms with van der Waals surface area (Å²) in [5.74, 6) is 2.12. The number of thioether (sulfide) groups is 1. The second-order valence-electron chi connectivity index (χ2n) is 7.97. The molecular formula is C27H28N4O2S. The number of nitrogens with one attached hydrogen (secondary N) is 1. The van der Waals surface area contributed by atoms with Gasteiger partial charge in [-0.1, -0.05) is 55.9 Å². The van der Waals surface area contributed by atoms with E-state index in [0.29, 0.717) is 16.9 Å². The van der Waals surface area contributed by atoms with Crippen molar-refractivity contribution in [2.24, 2.45) is 0 Å². The van der Waals surface area contributed by atoms with Gasteiger partial charge in [-0.2, -0.15) is 0 Å². The largest absolute Gasteiger partial charge is 0.497 e. The second kappa shape index (κ2) is 11.0. The van der Waals surface area contributed by atoms with Gasteiger partial charge in [0.25, 0.3) is 0 Å². The van der Waals surface area contributed by atoms with Crippen molar-refractivity contribution in [1.82, 2.24) is 14.8 Å². The third-order valence-electron chi connectivity index (χ3n) is 5.70. The molecule has 3 aromatic carbocycles. The highest BCUT2D eigenvalue weighted by atomic mass is 32.2. The van der Waals surface area contributed by atoms with Gasteiger partial charge in [-0.05, 0) is 66.4 Å². The number of benzene rings is 3. The summed E-state index contributed by atoms with van der Waals surface area (Å²) < 4.78 is 7.24. The summed E-state index contributed by atoms with van der Waals surface area (Å²) in [4.78, 5) is 12.7. The van der Waals surface area contributed by atoms with E-state index < -0.39 is 0 Å². The van der Waals surface area contributed by atoms with Crippen LogP contribution in [0.5, 0.6) is 5.75 Å². The number of aromatic nitrogens is 3. The van der Waals surface area contributed by atoms with E-state index in [9.17, 15) is 4.79 Å². The minimum Gasteiger partial charge on any atom is -0.497 e. The van der Waals surface area contributed by atoms with Gasteiger partial charge in [0.05, 0.1) is 12.9 Å². The number of carbonyl (C=O) groups excluding carboxylic acids is 1. The lowest BCUT2D eigenvalue weighted by Crippen LogP contribution is -2.14. The van der Waals surface area contributed by atoms with Crippen molar-refractivity contribution in [2.45, 2.75) is 31.3 Å². The van der Waals surface area contributed by atoms with Crippen molar-refractivity contribution in [3.8, 4) is 22.8 Å². The Hall–Kier alpha value is -3.58. The lowest BCUT2D eigenvalue weighted by molar-refractivity contribution is -0.113. The van der Waals surface area contributed by atoms with Crippen molar-refractivity contribution in [1.29, 1.82) is 0 Å². The Morgan fingerprint density at radius 3 is 2.35 bits per heavy atom. The predicted molar refractivity (Wildman–Crippen MR) is 138 cm³/mol. The molecule has 0 radical (unpaired) electrons. The van der Waals surface area contributed by atoms with Crippen LogP contribution in [0, 0.1) is 0 Å². The average molecular weight is 473 g/mol. The van der Waals surface area contributed by atoms with Crippen molar-refractivity contribution in [3.63, 3.8) is 0 Å². The molecule has 0 aliphatic rings. The van der Waals surface area contributed by atoms with E-state index in [2.05, 4.69) is 41.5 Å². The van der Waals surface area contributed by atoms with Gasteiger partial charge in [0.1, 0.15) is 5.75 Å². The van der Waals surface area contributed by atoms with E-state index in [1.54, 1.807) is 7.11 Å². The molecule has 1 aromatic heterocycles. The van der Waals surface area contributed by atoms with Crippen molar-refractivity contribution in [2.75, 3.05) is 18.2 Å². The molecule has 0 saturated carbocycles. The van der Waals surface area contributed by atoms with Gasteiger partial charge in [-0.3, -0.25) is 9.36 Å². The van der Waals surface area contributed by atoms with E-state index >= 15 is 0 Å². The first kappa shape index (κ1) is 23.6. The number of ether oxygens (including phenoxy) is 1. The van der Waals surface area contributed by atoms with Gasteiger partial charge in [-0.15, -0.1) is 10.2 Å². The van der Waals surface area contributed by atoms with E-state index in [4.69, 9.17) is 4.74 Å². The van der Waals surface area contributed by atoms with E-state index in [1.807, 2.05) is 71.3 Å². The predicted octanol–water partition coefficient (Wildman–Crippen LogP) is 6.19. The molecule has 1 unspecified atom stereocenters. The normalized spacial score (nSPS) is 11.7. The topological polar surface area (TPSA) is 69.0 Å². The van der Waals surface area contributed by atoms with Gasteiger partial charge >= 0.3 is 0 Å². The maximum absolute atomic E-state index is 12.7. The Bertz CT molecular complexity index is 1220. The summed E-state index contributed by atoms with van der Waals surface area (Å²) in [6.07, 6.45) is 1.09. The molecule has 0 aliphatic heterocycles. The molecule has 0 spiro atoms. The molecule has 0 bridgehead atoms. The second-order valence-corrected chi connectivity index (χ2v) is 8.92. The van der Waals surface area contributed by atoms with Gasteiger partial charge in [-0.25, -0.2) is 0 Å².